The molecule has 0 aliphatic carbocycles. The second-order valence-electron chi connectivity index (χ2n) is 5.14. The van der Waals surface area contributed by atoms with Crippen LogP contribution in [0.5, 0.6) is 0 Å². The van der Waals surface area contributed by atoms with E-state index in [1.54, 1.807) is 0 Å². The molecule has 9 nitrogen and oxygen atoms in total. The summed E-state index contributed by atoms with van der Waals surface area (Å²) in [6.07, 6.45) is -1.67. The molecule has 126 valence electrons. The summed E-state index contributed by atoms with van der Waals surface area (Å²) in [5.74, 6) is -1.15. The highest BCUT2D eigenvalue weighted by Crippen LogP contribution is 2.34. The number of carbonyl (C=O) groups excluding carboxylic acids is 2. The molecule has 9 heteroatoms. The van der Waals surface area contributed by atoms with Crippen molar-refractivity contribution < 1.29 is 23.8 Å². The minimum atomic E-state index is -1.00. The van der Waals surface area contributed by atoms with Gasteiger partial charge in [-0.15, -0.1) is 0 Å². The zero-order valence-electron chi connectivity index (χ0n) is 13.0. The number of hydrogen-bond donors (Lipinski definition) is 1. The van der Waals surface area contributed by atoms with E-state index in [0.717, 1.165) is 10.6 Å². The molecule has 2 rings (SSSR count). The Labute approximate surface area is 131 Å². The Morgan fingerprint density at radius 1 is 1.22 bits per heavy atom. The zero-order chi connectivity index (χ0) is 17.1. The molecule has 2 unspecified atom stereocenters. The summed E-state index contributed by atoms with van der Waals surface area (Å²) in [5, 5.41) is 0. The van der Waals surface area contributed by atoms with Gasteiger partial charge in [-0.2, -0.15) is 0 Å². The summed E-state index contributed by atoms with van der Waals surface area (Å²) < 4.78 is 17.3. The van der Waals surface area contributed by atoms with Crippen LogP contribution in [-0.2, 0) is 23.8 Å². The van der Waals surface area contributed by atoms with Crippen LogP contribution in [0.25, 0.3) is 0 Å². The molecule has 4 atom stereocenters. The fourth-order valence-electron chi connectivity index (χ4n) is 2.54. The molecule has 23 heavy (non-hydrogen) atoms. The Morgan fingerprint density at radius 3 is 2.35 bits per heavy atom. The van der Waals surface area contributed by atoms with Crippen LogP contribution in [0, 0.1) is 0 Å². The molecule has 1 aromatic rings. The van der Waals surface area contributed by atoms with Gasteiger partial charge in [-0.3, -0.25) is 23.9 Å². The average Bonchev–Trinajstić information content (AvgIpc) is 2.76. The van der Waals surface area contributed by atoms with Crippen molar-refractivity contribution >= 4 is 11.9 Å². The zero-order valence-corrected chi connectivity index (χ0v) is 13.0. The van der Waals surface area contributed by atoms with Gasteiger partial charge in [0, 0.05) is 26.1 Å². The third-order valence-electron chi connectivity index (χ3n) is 3.42. The molecule has 2 heterocycles. The van der Waals surface area contributed by atoms with Crippen molar-refractivity contribution in [2.45, 2.75) is 51.7 Å². The summed E-state index contributed by atoms with van der Waals surface area (Å²) in [7, 11) is 0. The lowest BCUT2D eigenvalue weighted by molar-refractivity contribution is -0.165. The SMILES string of the molecule is CC[C@H]1O[C@@H](n2ccc(=O)[nH]c2=O)C(OC(C)=O)C1OC(C)=O. The number of hydrogen-bond acceptors (Lipinski definition) is 7. The largest absolute Gasteiger partial charge is 0.456 e. The average molecular weight is 326 g/mol. The first kappa shape index (κ1) is 16.9. The van der Waals surface area contributed by atoms with E-state index in [2.05, 4.69) is 4.98 Å². The van der Waals surface area contributed by atoms with Crippen molar-refractivity contribution in [3.8, 4) is 0 Å². The minimum absolute atomic E-state index is 0.477. The van der Waals surface area contributed by atoms with Crippen LogP contribution in [0.1, 0.15) is 33.4 Å². The smallest absolute Gasteiger partial charge is 0.330 e. The first-order valence-corrected chi connectivity index (χ1v) is 7.14. The minimum Gasteiger partial charge on any atom is -0.456 e. The molecule has 0 saturated carbocycles. The number of ether oxygens (including phenoxy) is 3. The lowest BCUT2D eigenvalue weighted by Gasteiger charge is -2.23. The van der Waals surface area contributed by atoms with Gasteiger partial charge < -0.3 is 14.2 Å². The number of nitrogens with one attached hydrogen (secondary N) is 1. The van der Waals surface area contributed by atoms with E-state index in [0.29, 0.717) is 6.42 Å². The van der Waals surface area contributed by atoms with Gasteiger partial charge in [-0.25, -0.2) is 4.79 Å². The van der Waals surface area contributed by atoms with Crippen molar-refractivity contribution in [3.05, 3.63) is 33.1 Å². The molecule has 1 saturated heterocycles. The van der Waals surface area contributed by atoms with Crippen molar-refractivity contribution in [1.82, 2.24) is 9.55 Å². The second-order valence-corrected chi connectivity index (χ2v) is 5.14. The lowest BCUT2D eigenvalue weighted by atomic mass is 10.1. The van der Waals surface area contributed by atoms with Crippen LogP contribution >= 0.6 is 0 Å². The number of rotatable bonds is 4. The predicted octanol–water partition coefficient (Wildman–Crippen LogP) is -0.293. The maximum Gasteiger partial charge on any atom is 0.330 e. The Balaban J connectivity index is 2.43. The Morgan fingerprint density at radius 2 is 1.83 bits per heavy atom. The van der Waals surface area contributed by atoms with Crippen LogP contribution < -0.4 is 11.2 Å². The number of H-pyrrole nitrogens is 1. The Hall–Kier alpha value is -2.42. The van der Waals surface area contributed by atoms with E-state index in [9.17, 15) is 19.2 Å². The summed E-state index contributed by atoms with van der Waals surface area (Å²) in [6, 6.07) is 1.15. The molecule has 1 aliphatic heterocycles. The molecule has 1 fully saturated rings. The van der Waals surface area contributed by atoms with Crippen LogP contribution in [0.15, 0.2) is 21.9 Å². The summed E-state index contributed by atoms with van der Waals surface area (Å²) in [5.41, 5.74) is -1.27. The van der Waals surface area contributed by atoms with E-state index in [1.165, 1.54) is 20.0 Å². The molecule has 1 aliphatic rings. The van der Waals surface area contributed by atoms with Crippen LogP contribution in [0.2, 0.25) is 0 Å². The second kappa shape index (κ2) is 6.78. The molecule has 1 N–H and O–H groups in total. The Kier molecular flexibility index (Phi) is 4.99. The Bertz CT molecular complexity index is 708. The van der Waals surface area contributed by atoms with E-state index in [1.807, 2.05) is 6.92 Å². The fourth-order valence-corrected chi connectivity index (χ4v) is 2.54. The molecular weight excluding hydrogens is 308 g/mol. The normalized spacial score (nSPS) is 26.7. The highest BCUT2D eigenvalue weighted by atomic mass is 16.6. The van der Waals surface area contributed by atoms with Gasteiger partial charge in [0.25, 0.3) is 5.56 Å². The maximum absolute atomic E-state index is 12.0. The molecule has 0 bridgehead atoms. The van der Waals surface area contributed by atoms with Gasteiger partial charge in [0.1, 0.15) is 6.10 Å². The molecule has 1 aromatic heterocycles. The summed E-state index contributed by atoms with van der Waals surface area (Å²) in [6.45, 7) is 4.25. The molecule has 0 spiro atoms. The van der Waals surface area contributed by atoms with Gasteiger partial charge in [-0.05, 0) is 6.42 Å². The number of aromatic nitrogens is 2. The number of esters is 2. The molecule has 0 aromatic carbocycles. The van der Waals surface area contributed by atoms with Crippen LogP contribution in [-0.4, -0.2) is 39.8 Å². The summed E-state index contributed by atoms with van der Waals surface area (Å²) >= 11 is 0. The van der Waals surface area contributed by atoms with Crippen molar-refractivity contribution in [1.29, 1.82) is 0 Å². The van der Waals surface area contributed by atoms with Crippen molar-refractivity contribution in [2.75, 3.05) is 0 Å². The van der Waals surface area contributed by atoms with E-state index in [-0.39, 0.29) is 0 Å². The van der Waals surface area contributed by atoms with E-state index in [4.69, 9.17) is 14.2 Å². The first-order valence-electron chi connectivity index (χ1n) is 7.14. The van der Waals surface area contributed by atoms with Gasteiger partial charge in [-0.1, -0.05) is 6.92 Å². The number of nitrogens with zero attached hydrogens (tertiary/aromatic N) is 1. The fraction of sp³-hybridized carbons (Fsp3) is 0.571. The third kappa shape index (κ3) is 3.67. The van der Waals surface area contributed by atoms with E-state index < -0.39 is 47.7 Å². The number of aromatic amines is 1. The topological polar surface area (TPSA) is 117 Å². The predicted molar refractivity (Wildman–Crippen MR) is 76.6 cm³/mol. The van der Waals surface area contributed by atoms with Gasteiger partial charge >= 0.3 is 17.6 Å². The van der Waals surface area contributed by atoms with Crippen LogP contribution in [0.4, 0.5) is 0 Å². The standard InChI is InChI=1S/C14H18N2O7/c1-4-9-11(21-7(2)17)12(22-8(3)18)13(23-9)16-6-5-10(19)15-14(16)20/h5-6,9,11-13H,4H2,1-3H3,(H,15,19,20)/t9-,11?,12?,13-/m1/s1. The van der Waals surface area contributed by atoms with Gasteiger partial charge in [0.2, 0.25) is 0 Å². The van der Waals surface area contributed by atoms with Crippen molar-refractivity contribution in [2.24, 2.45) is 0 Å². The summed E-state index contributed by atoms with van der Waals surface area (Å²) in [4.78, 5) is 47.9. The highest BCUT2D eigenvalue weighted by Gasteiger charge is 2.49. The monoisotopic (exact) mass is 326 g/mol. The third-order valence-corrected chi connectivity index (χ3v) is 3.42. The van der Waals surface area contributed by atoms with Crippen molar-refractivity contribution in [3.63, 3.8) is 0 Å². The maximum atomic E-state index is 12.0. The van der Waals surface area contributed by atoms with E-state index >= 15 is 0 Å². The molecule has 0 amide bonds. The highest BCUT2D eigenvalue weighted by molar-refractivity contribution is 5.67. The first-order chi connectivity index (χ1) is 10.8. The molecule has 0 radical (unpaired) electrons. The van der Waals surface area contributed by atoms with Crippen LogP contribution in [0.3, 0.4) is 0 Å². The molecular formula is C14H18N2O7. The van der Waals surface area contributed by atoms with Gasteiger partial charge in [0.15, 0.2) is 18.4 Å². The van der Waals surface area contributed by atoms with Gasteiger partial charge in [0.05, 0.1) is 0 Å². The lowest BCUT2D eigenvalue weighted by Crippen LogP contribution is -2.41. The quantitative estimate of drug-likeness (QED) is 0.755. The number of carbonyl (C=O) groups is 2.